The Morgan fingerprint density at radius 1 is 1.18 bits per heavy atom. The average molecular weight is 303 g/mol. The second-order valence-corrected chi connectivity index (χ2v) is 9.44. The predicted octanol–water partition coefficient (Wildman–Crippen LogP) is 6.05. The highest BCUT2D eigenvalue weighted by Gasteiger charge is 2.13. The maximum Gasteiger partial charge on any atom is 0.0524 e. The van der Waals surface area contributed by atoms with E-state index in [1.54, 1.807) is 11.8 Å². The first-order chi connectivity index (χ1) is 7.92. The first-order valence-electron chi connectivity index (χ1n) is 5.58. The van der Waals surface area contributed by atoms with E-state index in [1.807, 2.05) is 21.6 Å². The van der Waals surface area contributed by atoms with Crippen LogP contribution < -0.4 is 0 Å². The van der Waals surface area contributed by atoms with Crippen LogP contribution in [0.25, 0.3) is 0 Å². The molecule has 0 saturated heterocycles. The lowest BCUT2D eigenvalue weighted by Crippen LogP contribution is -2.04. The summed E-state index contributed by atoms with van der Waals surface area (Å²) in [5, 5.41) is 0. The molecule has 0 aliphatic carbocycles. The van der Waals surface area contributed by atoms with Crippen LogP contribution in [0.3, 0.4) is 0 Å². The highest BCUT2D eigenvalue weighted by atomic mass is 33.1. The van der Waals surface area contributed by atoms with Crippen LogP contribution in [0.1, 0.15) is 34.1 Å². The van der Waals surface area contributed by atoms with Gasteiger partial charge in [-0.1, -0.05) is 85.4 Å². The van der Waals surface area contributed by atoms with Crippen molar-refractivity contribution < 1.29 is 0 Å². The molecule has 0 radical (unpaired) electrons. The minimum Gasteiger partial charge on any atom is -0.0829 e. The van der Waals surface area contributed by atoms with Crippen molar-refractivity contribution in [1.29, 1.82) is 0 Å². The van der Waals surface area contributed by atoms with Crippen molar-refractivity contribution in [3.8, 4) is 0 Å². The van der Waals surface area contributed by atoms with Crippen molar-refractivity contribution in [3.63, 3.8) is 0 Å². The summed E-state index contributed by atoms with van der Waals surface area (Å²) < 4.78 is 1.33. The van der Waals surface area contributed by atoms with Crippen LogP contribution >= 0.6 is 45.6 Å². The SMILES string of the molecule is CCC(=S)Sc1ccccc1SSC(C)(C)C. The molecule has 17 heavy (non-hydrogen) atoms. The summed E-state index contributed by atoms with van der Waals surface area (Å²) in [4.78, 5) is 2.59. The van der Waals surface area contributed by atoms with E-state index in [4.69, 9.17) is 12.2 Å². The topological polar surface area (TPSA) is 0 Å². The second kappa shape index (κ2) is 7.07. The maximum absolute atomic E-state index is 5.30. The number of hydrogen-bond acceptors (Lipinski definition) is 4. The van der Waals surface area contributed by atoms with E-state index in [2.05, 4.69) is 52.0 Å². The lowest BCUT2D eigenvalue weighted by molar-refractivity contribution is 0.810. The van der Waals surface area contributed by atoms with E-state index in [-0.39, 0.29) is 4.75 Å². The Balaban J connectivity index is 2.74. The summed E-state index contributed by atoms with van der Waals surface area (Å²) in [5.74, 6) is 0. The molecule has 0 aliphatic heterocycles. The lowest BCUT2D eigenvalue weighted by atomic mass is 10.3. The van der Waals surface area contributed by atoms with Crippen LogP contribution in [-0.2, 0) is 0 Å². The van der Waals surface area contributed by atoms with Crippen LogP contribution in [0, 0.1) is 0 Å². The van der Waals surface area contributed by atoms with Gasteiger partial charge in [-0.25, -0.2) is 0 Å². The van der Waals surface area contributed by atoms with E-state index in [9.17, 15) is 0 Å². The molecule has 4 heteroatoms. The van der Waals surface area contributed by atoms with Crippen LogP contribution in [0.5, 0.6) is 0 Å². The normalized spacial score (nSPS) is 11.5. The molecule has 0 fully saturated rings. The smallest absolute Gasteiger partial charge is 0.0524 e. The summed E-state index contributed by atoms with van der Waals surface area (Å²) in [5.41, 5.74) is 0. The van der Waals surface area contributed by atoms with Gasteiger partial charge in [0, 0.05) is 14.5 Å². The molecule has 0 spiro atoms. The van der Waals surface area contributed by atoms with Crippen molar-refractivity contribution in [2.24, 2.45) is 0 Å². The molecule has 0 unspecified atom stereocenters. The summed E-state index contributed by atoms with van der Waals surface area (Å²) in [6, 6.07) is 8.49. The molecule has 0 amide bonds. The fourth-order valence-corrected chi connectivity index (χ4v) is 4.43. The first-order valence-corrected chi connectivity index (χ1v) is 8.95. The molecule has 1 aromatic rings. The van der Waals surface area contributed by atoms with Crippen LogP contribution in [-0.4, -0.2) is 8.94 Å². The Kier molecular flexibility index (Phi) is 6.41. The molecule has 0 atom stereocenters. The maximum atomic E-state index is 5.30. The summed E-state index contributed by atoms with van der Waals surface area (Å²) in [7, 11) is 3.74. The largest absolute Gasteiger partial charge is 0.0829 e. The summed E-state index contributed by atoms with van der Waals surface area (Å²) in [6.45, 7) is 8.81. The Labute approximate surface area is 122 Å². The molecular weight excluding hydrogens is 284 g/mol. The third-order valence-corrected chi connectivity index (χ3v) is 6.91. The van der Waals surface area contributed by atoms with Gasteiger partial charge in [-0.05, 0) is 18.6 Å². The molecule has 1 rings (SSSR count). The molecular formula is C13H18S4. The highest BCUT2D eigenvalue weighted by molar-refractivity contribution is 8.77. The van der Waals surface area contributed by atoms with Crippen LogP contribution in [0.15, 0.2) is 34.1 Å². The molecule has 0 N–H and O–H groups in total. The standard InChI is InChI=1S/C13H18S4/c1-5-12(14)15-10-8-6-7-9-11(10)16-17-13(2,3)4/h6-9H,5H2,1-4H3. The number of thiocarbonyl (C=S) groups is 1. The van der Waals surface area contributed by atoms with Gasteiger partial charge in [0.1, 0.15) is 0 Å². The van der Waals surface area contributed by atoms with Crippen molar-refractivity contribution in [2.75, 3.05) is 0 Å². The van der Waals surface area contributed by atoms with Crippen molar-refractivity contribution in [1.82, 2.24) is 0 Å². The minimum absolute atomic E-state index is 0.272. The van der Waals surface area contributed by atoms with Gasteiger partial charge in [0.05, 0.1) is 4.20 Å². The van der Waals surface area contributed by atoms with E-state index >= 15 is 0 Å². The Hall–Kier alpha value is 0.360. The molecule has 0 saturated carbocycles. The van der Waals surface area contributed by atoms with Crippen molar-refractivity contribution in [3.05, 3.63) is 24.3 Å². The number of thioether (sulfide) groups is 1. The molecule has 1 aromatic carbocycles. The molecule has 0 bridgehead atoms. The van der Waals surface area contributed by atoms with Crippen LogP contribution in [0.4, 0.5) is 0 Å². The number of hydrogen-bond donors (Lipinski definition) is 0. The highest BCUT2D eigenvalue weighted by Crippen LogP contribution is 2.44. The monoisotopic (exact) mass is 302 g/mol. The van der Waals surface area contributed by atoms with Gasteiger partial charge < -0.3 is 0 Å². The third kappa shape index (κ3) is 6.18. The van der Waals surface area contributed by atoms with E-state index in [0.717, 1.165) is 10.6 Å². The predicted molar refractivity (Wildman–Crippen MR) is 88.4 cm³/mol. The Morgan fingerprint density at radius 2 is 1.76 bits per heavy atom. The zero-order chi connectivity index (χ0) is 12.9. The van der Waals surface area contributed by atoms with E-state index in [1.165, 1.54) is 9.79 Å². The summed E-state index contributed by atoms with van der Waals surface area (Å²) in [6.07, 6.45) is 0.950. The Morgan fingerprint density at radius 3 is 2.29 bits per heavy atom. The summed E-state index contributed by atoms with van der Waals surface area (Å²) >= 11 is 7.02. The van der Waals surface area contributed by atoms with Gasteiger partial charge in [0.15, 0.2) is 0 Å². The van der Waals surface area contributed by atoms with E-state index < -0.39 is 0 Å². The quantitative estimate of drug-likeness (QED) is 0.377. The molecule has 0 aromatic heterocycles. The number of benzene rings is 1. The third-order valence-electron chi connectivity index (χ3n) is 1.74. The van der Waals surface area contributed by atoms with E-state index in [0.29, 0.717) is 0 Å². The Bertz CT molecular complexity index is 379. The molecule has 0 aliphatic rings. The molecule has 0 nitrogen and oxygen atoms in total. The van der Waals surface area contributed by atoms with Crippen molar-refractivity contribution >= 4 is 49.8 Å². The van der Waals surface area contributed by atoms with Gasteiger partial charge in [0.25, 0.3) is 0 Å². The van der Waals surface area contributed by atoms with Gasteiger partial charge in [-0.15, -0.1) is 0 Å². The average Bonchev–Trinajstić information content (AvgIpc) is 2.26. The zero-order valence-electron chi connectivity index (χ0n) is 10.6. The molecule has 0 heterocycles. The first kappa shape index (κ1) is 15.4. The van der Waals surface area contributed by atoms with Gasteiger partial charge in [-0.3, -0.25) is 0 Å². The molecule has 94 valence electrons. The zero-order valence-corrected chi connectivity index (χ0v) is 13.9. The number of rotatable bonds is 4. The van der Waals surface area contributed by atoms with Gasteiger partial charge in [0.2, 0.25) is 0 Å². The lowest BCUT2D eigenvalue weighted by Gasteiger charge is -2.17. The fraction of sp³-hybridized carbons (Fsp3) is 0.462. The van der Waals surface area contributed by atoms with Crippen molar-refractivity contribution in [2.45, 2.75) is 48.7 Å². The van der Waals surface area contributed by atoms with Crippen LogP contribution in [0.2, 0.25) is 0 Å². The minimum atomic E-state index is 0.272. The fourth-order valence-electron chi connectivity index (χ4n) is 0.968. The van der Waals surface area contributed by atoms with Gasteiger partial charge in [-0.2, -0.15) is 0 Å². The second-order valence-electron chi connectivity index (χ2n) is 4.55. The van der Waals surface area contributed by atoms with Gasteiger partial charge >= 0.3 is 0 Å².